The number of aldehydes is 1. The fraction of sp³-hybridized carbons (Fsp3) is 0. The topological polar surface area (TPSA) is 26.3 Å². The van der Waals surface area contributed by atoms with Gasteiger partial charge in [-0.15, -0.1) is 0 Å². The van der Waals surface area contributed by atoms with Gasteiger partial charge in [0.15, 0.2) is 6.29 Å². The molecule has 0 atom stereocenters. The highest BCUT2D eigenvalue weighted by molar-refractivity contribution is 9.10. The van der Waals surface area contributed by atoms with Gasteiger partial charge >= 0.3 is 0 Å². The number of benzene rings is 2. The van der Waals surface area contributed by atoms with Crippen LogP contribution in [0.3, 0.4) is 0 Å². The van der Waals surface area contributed by atoms with Gasteiger partial charge in [-0.1, -0.05) is 0 Å². The normalized spacial score (nSPS) is 10.0. The van der Waals surface area contributed by atoms with Crippen molar-refractivity contribution in [1.82, 2.24) is 0 Å². The molecule has 0 bridgehead atoms. The summed E-state index contributed by atoms with van der Waals surface area (Å²) in [7, 11) is 0. The fourth-order valence-corrected chi connectivity index (χ4v) is 1.76. The minimum atomic E-state index is -0.310. The predicted octanol–water partition coefficient (Wildman–Crippen LogP) is 4.19. The summed E-state index contributed by atoms with van der Waals surface area (Å²) < 4.78 is 18.8. The summed E-state index contributed by atoms with van der Waals surface area (Å²) >= 11 is 3.26. The summed E-state index contributed by atoms with van der Waals surface area (Å²) in [6, 6.07) is 10.7. The number of carbonyl (C=O) groups excluding carboxylic acids is 1. The highest BCUT2D eigenvalue weighted by atomic mass is 79.9. The minimum absolute atomic E-state index is 0.310. The Morgan fingerprint density at radius 1 is 1.06 bits per heavy atom. The Labute approximate surface area is 106 Å². The van der Waals surface area contributed by atoms with Crippen LogP contribution in [0.1, 0.15) is 10.4 Å². The van der Waals surface area contributed by atoms with Gasteiger partial charge in [-0.3, -0.25) is 4.79 Å². The van der Waals surface area contributed by atoms with Crippen molar-refractivity contribution >= 4 is 22.2 Å². The van der Waals surface area contributed by atoms with Crippen LogP contribution in [0.4, 0.5) is 4.39 Å². The summed E-state index contributed by atoms with van der Waals surface area (Å²) in [5, 5.41) is 0. The van der Waals surface area contributed by atoms with Crippen molar-refractivity contribution in [2.24, 2.45) is 0 Å². The largest absolute Gasteiger partial charge is 0.457 e. The molecular weight excluding hydrogens is 287 g/mol. The van der Waals surface area contributed by atoms with Crippen LogP contribution in [0.15, 0.2) is 46.9 Å². The van der Waals surface area contributed by atoms with E-state index in [2.05, 4.69) is 15.9 Å². The number of hydrogen-bond donors (Lipinski definition) is 0. The van der Waals surface area contributed by atoms with Crippen molar-refractivity contribution in [2.45, 2.75) is 0 Å². The van der Waals surface area contributed by atoms with Crippen LogP contribution in [-0.2, 0) is 0 Å². The zero-order valence-electron chi connectivity index (χ0n) is 8.69. The Kier molecular flexibility index (Phi) is 3.54. The number of hydrogen-bond acceptors (Lipinski definition) is 2. The second kappa shape index (κ2) is 5.10. The van der Waals surface area contributed by atoms with Gasteiger partial charge in [0.2, 0.25) is 0 Å². The average Bonchev–Trinajstić information content (AvgIpc) is 2.32. The molecule has 2 nitrogen and oxygen atoms in total. The number of halogens is 2. The lowest BCUT2D eigenvalue weighted by Gasteiger charge is -2.06. The van der Waals surface area contributed by atoms with Crippen LogP contribution in [0.2, 0.25) is 0 Å². The standard InChI is InChI=1S/C13H8BrFO2/c14-13-7-12(4-1-9(13)8-16)17-11-5-2-10(15)3-6-11/h1-8H. The van der Waals surface area contributed by atoms with Gasteiger partial charge in [-0.05, 0) is 58.4 Å². The molecule has 2 rings (SSSR count). The van der Waals surface area contributed by atoms with E-state index in [9.17, 15) is 9.18 Å². The molecule has 0 saturated heterocycles. The van der Waals surface area contributed by atoms with Gasteiger partial charge in [0, 0.05) is 10.0 Å². The van der Waals surface area contributed by atoms with E-state index < -0.39 is 0 Å². The second-order valence-electron chi connectivity index (χ2n) is 3.36. The summed E-state index contributed by atoms with van der Waals surface area (Å²) in [6.45, 7) is 0. The highest BCUT2D eigenvalue weighted by Crippen LogP contribution is 2.26. The summed E-state index contributed by atoms with van der Waals surface area (Å²) in [6.07, 6.45) is 0.756. The van der Waals surface area contributed by atoms with E-state index in [1.165, 1.54) is 24.3 Å². The first-order valence-electron chi connectivity index (χ1n) is 4.87. The van der Waals surface area contributed by atoms with Crippen molar-refractivity contribution in [3.8, 4) is 11.5 Å². The van der Waals surface area contributed by atoms with E-state index in [-0.39, 0.29) is 5.82 Å². The average molecular weight is 295 g/mol. The minimum Gasteiger partial charge on any atom is -0.457 e. The van der Waals surface area contributed by atoms with Gasteiger partial charge in [0.05, 0.1) is 0 Å². The van der Waals surface area contributed by atoms with Crippen LogP contribution in [-0.4, -0.2) is 6.29 Å². The quantitative estimate of drug-likeness (QED) is 0.793. The van der Waals surface area contributed by atoms with E-state index in [0.29, 0.717) is 21.5 Å². The Morgan fingerprint density at radius 3 is 2.29 bits per heavy atom. The molecule has 0 aliphatic heterocycles. The first-order chi connectivity index (χ1) is 8.19. The maximum atomic E-state index is 12.7. The lowest BCUT2D eigenvalue weighted by atomic mass is 10.2. The molecule has 0 radical (unpaired) electrons. The molecule has 0 spiro atoms. The molecular formula is C13H8BrFO2. The number of carbonyl (C=O) groups is 1. The van der Waals surface area contributed by atoms with Gasteiger partial charge < -0.3 is 4.74 Å². The summed E-state index contributed by atoms with van der Waals surface area (Å²) in [4.78, 5) is 10.6. The summed E-state index contributed by atoms with van der Waals surface area (Å²) in [5.41, 5.74) is 0.552. The molecule has 0 aromatic heterocycles. The number of rotatable bonds is 3. The Bertz CT molecular complexity index is 538. The molecule has 0 heterocycles. The molecule has 0 saturated carbocycles. The second-order valence-corrected chi connectivity index (χ2v) is 4.21. The third-order valence-corrected chi connectivity index (χ3v) is 2.83. The lowest BCUT2D eigenvalue weighted by molar-refractivity contribution is 0.112. The Balaban J connectivity index is 2.21. The molecule has 2 aromatic rings. The van der Waals surface area contributed by atoms with Crippen LogP contribution in [0, 0.1) is 5.82 Å². The maximum absolute atomic E-state index is 12.7. The van der Waals surface area contributed by atoms with Crippen LogP contribution in [0.5, 0.6) is 11.5 Å². The van der Waals surface area contributed by atoms with Crippen molar-refractivity contribution in [1.29, 1.82) is 0 Å². The predicted molar refractivity (Wildman–Crippen MR) is 66.0 cm³/mol. The molecule has 0 unspecified atom stereocenters. The van der Waals surface area contributed by atoms with Crippen LogP contribution in [0.25, 0.3) is 0 Å². The van der Waals surface area contributed by atoms with Gasteiger partial charge in [-0.25, -0.2) is 4.39 Å². The van der Waals surface area contributed by atoms with E-state index >= 15 is 0 Å². The first kappa shape index (κ1) is 11.8. The van der Waals surface area contributed by atoms with E-state index in [1.54, 1.807) is 18.2 Å². The van der Waals surface area contributed by atoms with E-state index in [4.69, 9.17) is 4.74 Å². The van der Waals surface area contributed by atoms with E-state index in [1.807, 2.05) is 0 Å². The van der Waals surface area contributed by atoms with Crippen molar-refractivity contribution < 1.29 is 13.9 Å². The third-order valence-electron chi connectivity index (χ3n) is 2.15. The monoisotopic (exact) mass is 294 g/mol. The molecule has 0 aliphatic carbocycles. The van der Waals surface area contributed by atoms with Gasteiger partial charge in [0.25, 0.3) is 0 Å². The lowest BCUT2D eigenvalue weighted by Crippen LogP contribution is -1.87. The highest BCUT2D eigenvalue weighted by Gasteiger charge is 2.02. The van der Waals surface area contributed by atoms with Crippen molar-refractivity contribution in [2.75, 3.05) is 0 Å². The molecule has 0 amide bonds. The third kappa shape index (κ3) is 2.91. The number of ether oxygens (including phenoxy) is 1. The zero-order valence-corrected chi connectivity index (χ0v) is 10.3. The maximum Gasteiger partial charge on any atom is 0.151 e. The molecule has 17 heavy (non-hydrogen) atoms. The SMILES string of the molecule is O=Cc1ccc(Oc2ccc(F)cc2)cc1Br. The Hall–Kier alpha value is -1.68. The van der Waals surface area contributed by atoms with Crippen LogP contribution >= 0.6 is 15.9 Å². The Morgan fingerprint density at radius 2 is 1.71 bits per heavy atom. The fourth-order valence-electron chi connectivity index (χ4n) is 1.31. The van der Waals surface area contributed by atoms with Crippen molar-refractivity contribution in [3.63, 3.8) is 0 Å². The molecule has 0 N–H and O–H groups in total. The van der Waals surface area contributed by atoms with Crippen LogP contribution < -0.4 is 4.74 Å². The molecule has 4 heteroatoms. The molecule has 2 aromatic carbocycles. The van der Waals surface area contributed by atoms with E-state index in [0.717, 1.165) is 6.29 Å². The van der Waals surface area contributed by atoms with Crippen molar-refractivity contribution in [3.05, 3.63) is 58.3 Å². The molecule has 86 valence electrons. The van der Waals surface area contributed by atoms with Gasteiger partial charge in [0.1, 0.15) is 17.3 Å². The molecule has 0 aliphatic rings. The molecule has 0 fully saturated rings. The van der Waals surface area contributed by atoms with Gasteiger partial charge in [-0.2, -0.15) is 0 Å². The zero-order chi connectivity index (χ0) is 12.3. The first-order valence-corrected chi connectivity index (χ1v) is 5.66. The smallest absolute Gasteiger partial charge is 0.151 e. The summed E-state index contributed by atoms with van der Waals surface area (Å²) in [5.74, 6) is 0.807.